The summed E-state index contributed by atoms with van der Waals surface area (Å²) in [6.07, 6.45) is 0.675. The summed E-state index contributed by atoms with van der Waals surface area (Å²) in [6, 6.07) is 9.29. The van der Waals surface area contributed by atoms with E-state index in [-0.39, 0.29) is 11.9 Å². The van der Waals surface area contributed by atoms with Crippen LogP contribution in [0.3, 0.4) is 0 Å². The van der Waals surface area contributed by atoms with Crippen LogP contribution in [0, 0.1) is 11.3 Å². The van der Waals surface area contributed by atoms with Crippen molar-refractivity contribution in [2.45, 2.75) is 12.5 Å². The minimum Gasteiger partial charge on any atom is -0.332 e. The molecule has 0 spiro atoms. The fraction of sp³-hybridized carbons (Fsp3) is 0.333. The predicted octanol–water partition coefficient (Wildman–Crippen LogP) is 0.488. The minimum atomic E-state index is -0.127. The molecule has 4 nitrogen and oxygen atoms in total. The van der Waals surface area contributed by atoms with Gasteiger partial charge in [0.2, 0.25) is 5.91 Å². The molecule has 0 aromatic heterocycles. The van der Waals surface area contributed by atoms with Crippen LogP contribution in [0.4, 0.5) is 0 Å². The lowest BCUT2D eigenvalue weighted by molar-refractivity contribution is -0.127. The van der Waals surface area contributed by atoms with Gasteiger partial charge in [0.25, 0.3) is 0 Å². The van der Waals surface area contributed by atoms with Crippen molar-refractivity contribution in [1.29, 1.82) is 5.26 Å². The SMILES string of the molecule is CN1CN[C@@H](Cc2ccc(C#N)cc2)C1=O. The molecular formula is C12H13N3O. The summed E-state index contributed by atoms with van der Waals surface area (Å²) < 4.78 is 0. The molecule has 1 fully saturated rings. The number of amides is 1. The molecular weight excluding hydrogens is 202 g/mol. The second-order valence-corrected chi connectivity index (χ2v) is 3.96. The van der Waals surface area contributed by atoms with Crippen molar-refractivity contribution in [3.8, 4) is 6.07 Å². The van der Waals surface area contributed by atoms with Gasteiger partial charge < -0.3 is 4.90 Å². The quantitative estimate of drug-likeness (QED) is 0.781. The lowest BCUT2D eigenvalue weighted by Gasteiger charge is -2.09. The Bertz CT molecular complexity index is 433. The fourth-order valence-corrected chi connectivity index (χ4v) is 1.79. The molecule has 1 aromatic carbocycles. The number of rotatable bonds is 2. The Hall–Kier alpha value is -1.86. The van der Waals surface area contributed by atoms with E-state index in [2.05, 4.69) is 11.4 Å². The third kappa shape index (κ3) is 2.05. The van der Waals surface area contributed by atoms with Gasteiger partial charge in [-0.25, -0.2) is 0 Å². The molecule has 0 bridgehead atoms. The first-order valence-corrected chi connectivity index (χ1v) is 5.18. The van der Waals surface area contributed by atoms with E-state index in [0.717, 1.165) is 5.56 Å². The van der Waals surface area contributed by atoms with Crippen LogP contribution in [0.15, 0.2) is 24.3 Å². The van der Waals surface area contributed by atoms with E-state index in [1.165, 1.54) is 0 Å². The maximum Gasteiger partial charge on any atom is 0.240 e. The largest absolute Gasteiger partial charge is 0.332 e. The summed E-state index contributed by atoms with van der Waals surface area (Å²) in [7, 11) is 1.79. The fourth-order valence-electron chi connectivity index (χ4n) is 1.79. The first kappa shape index (κ1) is 10.7. The molecule has 1 aliphatic heterocycles. The molecule has 2 rings (SSSR count). The van der Waals surface area contributed by atoms with Crippen LogP contribution in [0.2, 0.25) is 0 Å². The molecule has 0 saturated carbocycles. The number of hydrogen-bond donors (Lipinski definition) is 1. The van der Waals surface area contributed by atoms with Gasteiger partial charge in [-0.2, -0.15) is 5.26 Å². The Labute approximate surface area is 94.5 Å². The zero-order chi connectivity index (χ0) is 11.5. The molecule has 1 heterocycles. The average molecular weight is 215 g/mol. The van der Waals surface area contributed by atoms with Crippen LogP contribution in [-0.2, 0) is 11.2 Å². The monoisotopic (exact) mass is 215 g/mol. The molecule has 82 valence electrons. The number of hydrogen-bond acceptors (Lipinski definition) is 3. The lowest BCUT2D eigenvalue weighted by Crippen LogP contribution is -2.30. The Kier molecular flexibility index (Phi) is 2.88. The number of nitrogens with zero attached hydrogens (tertiary/aromatic N) is 2. The second kappa shape index (κ2) is 4.33. The molecule has 16 heavy (non-hydrogen) atoms. The second-order valence-electron chi connectivity index (χ2n) is 3.96. The summed E-state index contributed by atoms with van der Waals surface area (Å²) in [6.45, 7) is 0.611. The number of likely N-dealkylation sites (N-methyl/N-ethyl adjacent to an activating group) is 1. The van der Waals surface area contributed by atoms with E-state index in [4.69, 9.17) is 5.26 Å². The van der Waals surface area contributed by atoms with Crippen molar-refractivity contribution in [2.24, 2.45) is 0 Å². The van der Waals surface area contributed by atoms with Gasteiger partial charge in [-0.3, -0.25) is 10.1 Å². The third-order valence-corrected chi connectivity index (χ3v) is 2.77. The lowest BCUT2D eigenvalue weighted by atomic mass is 10.0. The summed E-state index contributed by atoms with van der Waals surface area (Å²) in [5, 5.41) is 11.8. The van der Waals surface area contributed by atoms with Gasteiger partial charge in [0.05, 0.1) is 24.3 Å². The summed E-state index contributed by atoms with van der Waals surface area (Å²) in [4.78, 5) is 13.3. The Morgan fingerprint density at radius 3 is 2.69 bits per heavy atom. The van der Waals surface area contributed by atoms with E-state index < -0.39 is 0 Å². The van der Waals surface area contributed by atoms with Crippen LogP contribution in [0.5, 0.6) is 0 Å². The zero-order valence-electron chi connectivity index (χ0n) is 9.10. The van der Waals surface area contributed by atoms with Gasteiger partial charge in [0, 0.05) is 7.05 Å². The maximum absolute atomic E-state index is 11.6. The highest BCUT2D eigenvalue weighted by molar-refractivity contribution is 5.83. The Morgan fingerprint density at radius 2 is 2.19 bits per heavy atom. The molecule has 1 atom stereocenters. The van der Waals surface area contributed by atoms with Crippen LogP contribution in [0.1, 0.15) is 11.1 Å². The standard InChI is InChI=1S/C12H13N3O/c1-15-8-14-11(12(15)16)6-9-2-4-10(7-13)5-3-9/h2-5,11,14H,6,8H2,1H3/t11-/m0/s1. The molecule has 0 aliphatic carbocycles. The number of nitrogens with one attached hydrogen (secondary N) is 1. The molecule has 1 saturated heterocycles. The average Bonchev–Trinajstić information content (AvgIpc) is 2.62. The van der Waals surface area contributed by atoms with Crippen molar-refractivity contribution in [1.82, 2.24) is 10.2 Å². The number of nitriles is 1. The van der Waals surface area contributed by atoms with Gasteiger partial charge in [0.1, 0.15) is 0 Å². The zero-order valence-corrected chi connectivity index (χ0v) is 9.10. The normalized spacial score (nSPS) is 19.9. The molecule has 1 aromatic rings. The van der Waals surface area contributed by atoms with Crippen molar-refractivity contribution < 1.29 is 4.79 Å². The Morgan fingerprint density at radius 1 is 1.50 bits per heavy atom. The van der Waals surface area contributed by atoms with Gasteiger partial charge in [-0.1, -0.05) is 12.1 Å². The predicted molar refractivity (Wildman–Crippen MR) is 59.4 cm³/mol. The number of carbonyl (C=O) groups is 1. The van der Waals surface area contributed by atoms with Crippen molar-refractivity contribution in [3.05, 3.63) is 35.4 Å². The van der Waals surface area contributed by atoms with E-state index in [1.54, 1.807) is 24.1 Å². The van der Waals surface area contributed by atoms with E-state index in [1.807, 2.05) is 12.1 Å². The third-order valence-electron chi connectivity index (χ3n) is 2.77. The molecule has 4 heteroatoms. The molecule has 0 unspecified atom stereocenters. The smallest absolute Gasteiger partial charge is 0.240 e. The van der Waals surface area contributed by atoms with Crippen molar-refractivity contribution in [2.75, 3.05) is 13.7 Å². The van der Waals surface area contributed by atoms with Gasteiger partial charge in [0.15, 0.2) is 0 Å². The van der Waals surface area contributed by atoms with Crippen LogP contribution in [0.25, 0.3) is 0 Å². The van der Waals surface area contributed by atoms with E-state index in [0.29, 0.717) is 18.7 Å². The van der Waals surface area contributed by atoms with Crippen LogP contribution < -0.4 is 5.32 Å². The van der Waals surface area contributed by atoms with Crippen LogP contribution in [-0.4, -0.2) is 30.6 Å². The van der Waals surface area contributed by atoms with Gasteiger partial charge in [-0.15, -0.1) is 0 Å². The van der Waals surface area contributed by atoms with E-state index in [9.17, 15) is 4.79 Å². The van der Waals surface area contributed by atoms with Crippen molar-refractivity contribution in [3.63, 3.8) is 0 Å². The molecule has 0 radical (unpaired) electrons. The first-order valence-electron chi connectivity index (χ1n) is 5.18. The van der Waals surface area contributed by atoms with Crippen LogP contribution >= 0.6 is 0 Å². The number of carbonyl (C=O) groups excluding carboxylic acids is 1. The summed E-state index contributed by atoms with van der Waals surface area (Å²) in [5.74, 6) is 0.129. The minimum absolute atomic E-state index is 0.127. The highest BCUT2D eigenvalue weighted by Crippen LogP contribution is 2.10. The van der Waals surface area contributed by atoms with Gasteiger partial charge >= 0.3 is 0 Å². The molecule has 1 N–H and O–H groups in total. The highest BCUT2D eigenvalue weighted by atomic mass is 16.2. The summed E-state index contributed by atoms with van der Waals surface area (Å²) in [5.41, 5.74) is 1.71. The van der Waals surface area contributed by atoms with Gasteiger partial charge in [-0.05, 0) is 24.1 Å². The highest BCUT2D eigenvalue weighted by Gasteiger charge is 2.28. The molecule has 1 amide bonds. The molecule has 1 aliphatic rings. The maximum atomic E-state index is 11.6. The number of benzene rings is 1. The topological polar surface area (TPSA) is 56.1 Å². The Balaban J connectivity index is 2.05. The first-order chi connectivity index (χ1) is 7.70. The van der Waals surface area contributed by atoms with E-state index >= 15 is 0 Å². The van der Waals surface area contributed by atoms with Crippen molar-refractivity contribution >= 4 is 5.91 Å². The summed E-state index contributed by atoms with van der Waals surface area (Å²) >= 11 is 0.